The summed E-state index contributed by atoms with van der Waals surface area (Å²) >= 11 is 0. The molecule has 0 spiro atoms. The van der Waals surface area contributed by atoms with Crippen molar-refractivity contribution in [3.05, 3.63) is 29.8 Å². The predicted octanol–water partition coefficient (Wildman–Crippen LogP) is 1.22. The van der Waals surface area contributed by atoms with Crippen LogP contribution in [0, 0.1) is 0 Å². The van der Waals surface area contributed by atoms with Gasteiger partial charge in [0.2, 0.25) is 0 Å². The average Bonchev–Trinajstić information content (AvgIpc) is 2.42. The van der Waals surface area contributed by atoms with Crippen molar-refractivity contribution in [3.8, 4) is 5.75 Å². The third-order valence-electron chi connectivity index (χ3n) is 3.74. The Labute approximate surface area is 107 Å². The summed E-state index contributed by atoms with van der Waals surface area (Å²) in [5, 5.41) is 12.9. The van der Waals surface area contributed by atoms with Crippen molar-refractivity contribution in [1.82, 2.24) is 5.32 Å². The summed E-state index contributed by atoms with van der Waals surface area (Å²) in [6.07, 6.45) is 1.20. The highest BCUT2D eigenvalue weighted by Crippen LogP contribution is 2.35. The second kappa shape index (κ2) is 5.08. The number of nitrogens with one attached hydrogen (secondary N) is 1. The van der Waals surface area contributed by atoms with Crippen molar-refractivity contribution < 1.29 is 14.6 Å². The van der Waals surface area contributed by atoms with Gasteiger partial charge in [0.1, 0.15) is 17.4 Å². The highest BCUT2D eigenvalue weighted by atomic mass is 16.5. The SMILES string of the molecule is CN[C@@]1(c2cccc(OC)c2)CCC[C@@H](O)C1=O. The van der Waals surface area contributed by atoms with E-state index in [1.807, 2.05) is 24.3 Å². The Hall–Kier alpha value is -1.39. The van der Waals surface area contributed by atoms with Gasteiger partial charge in [0.25, 0.3) is 0 Å². The van der Waals surface area contributed by atoms with Gasteiger partial charge < -0.3 is 15.2 Å². The number of carbonyl (C=O) groups is 1. The summed E-state index contributed by atoms with van der Waals surface area (Å²) in [6, 6.07) is 7.46. The first-order valence-electron chi connectivity index (χ1n) is 6.20. The minimum absolute atomic E-state index is 0.149. The van der Waals surface area contributed by atoms with Gasteiger partial charge >= 0.3 is 0 Å². The molecule has 18 heavy (non-hydrogen) atoms. The molecular formula is C14H19NO3. The van der Waals surface area contributed by atoms with E-state index in [2.05, 4.69) is 5.32 Å². The van der Waals surface area contributed by atoms with E-state index in [-0.39, 0.29) is 5.78 Å². The van der Waals surface area contributed by atoms with Gasteiger partial charge in [-0.3, -0.25) is 4.79 Å². The first kappa shape index (κ1) is 13.1. The molecule has 1 aliphatic rings. The molecule has 0 heterocycles. The minimum atomic E-state index is -0.877. The van der Waals surface area contributed by atoms with E-state index >= 15 is 0 Å². The summed E-state index contributed by atoms with van der Waals surface area (Å²) < 4.78 is 5.20. The maximum absolute atomic E-state index is 12.3. The molecule has 0 aromatic heterocycles. The van der Waals surface area contributed by atoms with Crippen LogP contribution in [0.2, 0.25) is 0 Å². The Morgan fingerprint density at radius 1 is 1.50 bits per heavy atom. The van der Waals surface area contributed by atoms with Crippen LogP contribution in [-0.2, 0) is 10.3 Å². The molecule has 98 valence electrons. The number of Topliss-reactive ketones (excluding diaryl/α,β-unsaturated/α-hetero) is 1. The number of hydrogen-bond donors (Lipinski definition) is 2. The maximum atomic E-state index is 12.3. The summed E-state index contributed by atoms with van der Waals surface area (Å²) in [6.45, 7) is 0. The number of methoxy groups -OCH3 is 1. The molecule has 1 fully saturated rings. The van der Waals surface area contributed by atoms with Gasteiger partial charge in [-0.2, -0.15) is 0 Å². The second-order valence-corrected chi connectivity index (χ2v) is 4.66. The second-order valence-electron chi connectivity index (χ2n) is 4.66. The number of ketones is 1. The number of rotatable bonds is 3. The number of carbonyl (C=O) groups excluding carboxylic acids is 1. The average molecular weight is 249 g/mol. The van der Waals surface area contributed by atoms with E-state index < -0.39 is 11.6 Å². The van der Waals surface area contributed by atoms with Crippen LogP contribution in [0.1, 0.15) is 24.8 Å². The monoisotopic (exact) mass is 249 g/mol. The normalized spacial score (nSPS) is 28.2. The summed E-state index contributed by atoms with van der Waals surface area (Å²) in [7, 11) is 3.36. The molecule has 0 radical (unpaired) electrons. The number of aliphatic hydroxyl groups excluding tert-OH is 1. The van der Waals surface area contributed by atoms with E-state index in [0.717, 1.165) is 17.7 Å². The lowest BCUT2D eigenvalue weighted by Crippen LogP contribution is -2.54. The molecule has 1 aromatic carbocycles. The van der Waals surface area contributed by atoms with Gasteiger partial charge in [0.15, 0.2) is 5.78 Å². The molecule has 0 saturated heterocycles. The molecule has 1 saturated carbocycles. The number of likely N-dealkylation sites (N-methyl/N-ethyl adjacent to an activating group) is 1. The Morgan fingerprint density at radius 2 is 2.28 bits per heavy atom. The van der Waals surface area contributed by atoms with Crippen molar-refractivity contribution in [2.24, 2.45) is 0 Å². The molecule has 1 aromatic rings. The highest BCUT2D eigenvalue weighted by Gasteiger charge is 2.44. The first-order chi connectivity index (χ1) is 8.64. The van der Waals surface area contributed by atoms with E-state index in [4.69, 9.17) is 4.74 Å². The van der Waals surface area contributed by atoms with Crippen molar-refractivity contribution in [1.29, 1.82) is 0 Å². The minimum Gasteiger partial charge on any atom is -0.497 e. The lowest BCUT2D eigenvalue weighted by atomic mass is 9.74. The standard InChI is InChI=1S/C14H19NO3/c1-15-14(8-4-7-12(16)13(14)17)10-5-3-6-11(9-10)18-2/h3,5-6,9,12,15-16H,4,7-8H2,1-2H3/t12-,14-/m1/s1. The maximum Gasteiger partial charge on any atom is 0.185 e. The molecule has 4 nitrogen and oxygen atoms in total. The van der Waals surface area contributed by atoms with Gasteiger partial charge in [0.05, 0.1) is 7.11 Å². The van der Waals surface area contributed by atoms with Crippen LogP contribution in [0.15, 0.2) is 24.3 Å². The van der Waals surface area contributed by atoms with Crippen LogP contribution in [0.25, 0.3) is 0 Å². The van der Waals surface area contributed by atoms with Gasteiger partial charge in [-0.1, -0.05) is 12.1 Å². The molecule has 2 atom stereocenters. The Morgan fingerprint density at radius 3 is 2.94 bits per heavy atom. The Kier molecular flexibility index (Phi) is 3.68. The summed E-state index contributed by atoms with van der Waals surface area (Å²) in [4.78, 5) is 12.3. The first-order valence-corrected chi connectivity index (χ1v) is 6.20. The number of aliphatic hydroxyl groups is 1. The van der Waals surface area contributed by atoms with E-state index in [9.17, 15) is 9.90 Å². The van der Waals surface area contributed by atoms with Gasteiger partial charge in [0, 0.05) is 0 Å². The molecule has 0 amide bonds. The lowest BCUT2D eigenvalue weighted by Gasteiger charge is -2.38. The van der Waals surface area contributed by atoms with E-state index in [1.54, 1.807) is 14.2 Å². The fourth-order valence-corrected chi connectivity index (χ4v) is 2.67. The quantitative estimate of drug-likeness (QED) is 0.845. The highest BCUT2D eigenvalue weighted by molar-refractivity contribution is 5.93. The topological polar surface area (TPSA) is 58.6 Å². The van der Waals surface area contributed by atoms with Crippen molar-refractivity contribution in [2.75, 3.05) is 14.2 Å². The number of hydrogen-bond acceptors (Lipinski definition) is 4. The molecule has 0 bridgehead atoms. The van der Waals surface area contributed by atoms with Gasteiger partial charge in [-0.05, 0) is 44.0 Å². The Balaban J connectivity index is 2.45. The largest absolute Gasteiger partial charge is 0.497 e. The third-order valence-corrected chi connectivity index (χ3v) is 3.74. The number of ether oxygens (including phenoxy) is 1. The van der Waals surface area contributed by atoms with Gasteiger partial charge in [-0.25, -0.2) is 0 Å². The van der Waals surface area contributed by atoms with Gasteiger partial charge in [-0.15, -0.1) is 0 Å². The molecule has 2 rings (SSSR count). The lowest BCUT2D eigenvalue weighted by molar-refractivity contribution is -0.137. The fourth-order valence-electron chi connectivity index (χ4n) is 2.67. The van der Waals surface area contributed by atoms with Crippen LogP contribution >= 0.6 is 0 Å². The predicted molar refractivity (Wildman–Crippen MR) is 68.6 cm³/mol. The molecular weight excluding hydrogens is 230 g/mol. The van der Waals surface area contributed by atoms with Crippen LogP contribution in [0.3, 0.4) is 0 Å². The zero-order valence-corrected chi connectivity index (χ0v) is 10.8. The van der Waals surface area contributed by atoms with E-state index in [0.29, 0.717) is 12.8 Å². The molecule has 2 N–H and O–H groups in total. The summed E-state index contributed by atoms with van der Waals surface area (Å²) in [5.74, 6) is 0.569. The molecule has 1 aliphatic carbocycles. The van der Waals surface area contributed by atoms with Crippen LogP contribution in [0.4, 0.5) is 0 Å². The molecule has 0 unspecified atom stereocenters. The molecule has 4 heteroatoms. The smallest absolute Gasteiger partial charge is 0.185 e. The number of benzene rings is 1. The summed E-state index contributed by atoms with van der Waals surface area (Å²) in [5.41, 5.74) is 0.0692. The third kappa shape index (κ3) is 2.02. The van der Waals surface area contributed by atoms with Crippen molar-refractivity contribution >= 4 is 5.78 Å². The van der Waals surface area contributed by atoms with Crippen LogP contribution in [-0.4, -0.2) is 31.2 Å². The van der Waals surface area contributed by atoms with Crippen LogP contribution < -0.4 is 10.1 Å². The van der Waals surface area contributed by atoms with E-state index in [1.165, 1.54) is 0 Å². The zero-order valence-electron chi connectivity index (χ0n) is 10.8. The zero-order chi connectivity index (χ0) is 13.2. The fraction of sp³-hybridized carbons (Fsp3) is 0.500. The molecule has 0 aliphatic heterocycles. The van der Waals surface area contributed by atoms with Crippen LogP contribution in [0.5, 0.6) is 5.75 Å². The Bertz CT molecular complexity index is 446. The van der Waals surface area contributed by atoms with Crippen molar-refractivity contribution in [2.45, 2.75) is 30.9 Å². The van der Waals surface area contributed by atoms with Crippen molar-refractivity contribution in [3.63, 3.8) is 0 Å².